The number of rotatable bonds is 7. The number of likely N-dealkylation sites (tertiary alicyclic amines) is 1. The first-order chi connectivity index (χ1) is 19.8. The number of anilines is 1. The number of primary amides is 1. The maximum absolute atomic E-state index is 14.1. The number of ether oxygens (including phenoxy) is 1. The minimum Gasteiger partial charge on any atom is -0.454 e. The van der Waals surface area contributed by atoms with E-state index in [2.05, 4.69) is 9.97 Å². The molecule has 0 unspecified atom stereocenters. The van der Waals surface area contributed by atoms with Crippen molar-refractivity contribution in [3.63, 3.8) is 0 Å². The van der Waals surface area contributed by atoms with Crippen molar-refractivity contribution in [2.24, 2.45) is 11.7 Å². The van der Waals surface area contributed by atoms with Crippen LogP contribution in [0, 0.1) is 17.6 Å². The van der Waals surface area contributed by atoms with Gasteiger partial charge in [0.15, 0.2) is 17.2 Å². The molecule has 2 fully saturated rings. The van der Waals surface area contributed by atoms with Crippen LogP contribution in [0.1, 0.15) is 31.7 Å². The number of nitrogens with two attached hydrogens (primary N) is 2. The predicted molar refractivity (Wildman–Crippen MR) is 146 cm³/mol. The topological polar surface area (TPSA) is 142 Å². The second-order valence-corrected chi connectivity index (χ2v) is 10.3. The van der Waals surface area contributed by atoms with Crippen molar-refractivity contribution in [2.75, 3.05) is 18.8 Å². The third-order valence-electron chi connectivity index (χ3n) is 7.34. The fourth-order valence-electron chi connectivity index (χ4n) is 5.09. The minimum atomic E-state index is -1.07. The largest absolute Gasteiger partial charge is 0.454 e. The molecule has 4 N–H and O–H groups in total. The summed E-state index contributed by atoms with van der Waals surface area (Å²) in [6, 6.07) is 10.2. The van der Waals surface area contributed by atoms with Gasteiger partial charge in [-0.15, -0.1) is 0 Å². The highest BCUT2D eigenvalue weighted by Crippen LogP contribution is 2.36. The Bertz CT molecular complexity index is 1680. The zero-order valence-electron chi connectivity index (χ0n) is 22.0. The summed E-state index contributed by atoms with van der Waals surface area (Å²) < 4.78 is 34.9. The summed E-state index contributed by atoms with van der Waals surface area (Å²) in [5.41, 5.74) is 13.6. The molecule has 1 aliphatic heterocycles. The third kappa shape index (κ3) is 5.20. The number of benzene rings is 2. The number of amides is 2. The van der Waals surface area contributed by atoms with E-state index in [0.29, 0.717) is 47.6 Å². The molecule has 10 nitrogen and oxygen atoms in total. The van der Waals surface area contributed by atoms with Crippen LogP contribution in [0.3, 0.4) is 0 Å². The summed E-state index contributed by atoms with van der Waals surface area (Å²) in [6.07, 6.45) is 6.38. The molecule has 1 aliphatic carbocycles. The number of nitrogens with zero attached hydrogens (tertiary/aromatic N) is 5. The van der Waals surface area contributed by atoms with Crippen molar-refractivity contribution < 1.29 is 23.1 Å². The lowest BCUT2D eigenvalue weighted by molar-refractivity contribution is -0.131. The second kappa shape index (κ2) is 10.6. The van der Waals surface area contributed by atoms with Gasteiger partial charge in [-0.2, -0.15) is 9.49 Å². The van der Waals surface area contributed by atoms with Gasteiger partial charge >= 0.3 is 0 Å². The number of hydrogen-bond acceptors (Lipinski definition) is 7. The highest BCUT2D eigenvalue weighted by molar-refractivity contribution is 6.17. The van der Waals surface area contributed by atoms with Crippen LogP contribution >= 0.6 is 0 Å². The molecule has 2 aromatic heterocycles. The number of carbonyl (C=O) groups is 2. The first-order valence-corrected chi connectivity index (χ1v) is 13.3. The number of carbonyl (C=O) groups excluding carboxylic acids is 2. The van der Waals surface area contributed by atoms with Gasteiger partial charge in [-0.3, -0.25) is 9.59 Å². The van der Waals surface area contributed by atoms with E-state index < -0.39 is 17.5 Å². The summed E-state index contributed by atoms with van der Waals surface area (Å²) >= 11 is 0. The maximum Gasteiger partial charge on any atom is 0.259 e. The standard InChI is InChI=1S/C29H27F2N7O3/c30-21-4-1-5-22(24(21)31)41-19-10-8-17(9-11-19)25-23-26(32)34-15-35-28(23)38(36-25)18-3-2-12-37(14-18)29(40)20(27(33)39)13-16-6-7-16/h1,4-5,8-11,13,15-16,18H,2-3,6-7,12,14H2,(H2,33,39)(H2,32,34,35)/t18-/m0/s1. The van der Waals surface area contributed by atoms with Crippen molar-refractivity contribution in [1.29, 1.82) is 0 Å². The van der Waals surface area contributed by atoms with Gasteiger partial charge in [-0.1, -0.05) is 12.1 Å². The molecule has 2 aliphatic rings. The molecule has 0 bridgehead atoms. The zero-order chi connectivity index (χ0) is 28.7. The van der Waals surface area contributed by atoms with Gasteiger partial charge < -0.3 is 21.1 Å². The Hall–Kier alpha value is -4.87. The molecule has 12 heteroatoms. The summed E-state index contributed by atoms with van der Waals surface area (Å²) in [5.74, 6) is -2.62. The van der Waals surface area contributed by atoms with Gasteiger partial charge in [0.1, 0.15) is 29.2 Å². The van der Waals surface area contributed by atoms with E-state index in [-0.39, 0.29) is 35.0 Å². The molecule has 1 saturated heterocycles. The molecule has 1 saturated carbocycles. The van der Waals surface area contributed by atoms with Gasteiger partial charge in [0.05, 0.1) is 11.4 Å². The van der Waals surface area contributed by atoms with Gasteiger partial charge in [0, 0.05) is 18.7 Å². The Balaban J connectivity index is 1.30. The first kappa shape index (κ1) is 26.4. The molecule has 1 atom stereocenters. The fourth-order valence-corrected chi connectivity index (χ4v) is 5.09. The number of piperidine rings is 1. The normalized spacial score (nSPS) is 17.6. The number of allylic oxidation sites excluding steroid dienone is 1. The Labute approximate surface area is 233 Å². The average Bonchev–Trinajstić information content (AvgIpc) is 3.71. The second-order valence-electron chi connectivity index (χ2n) is 10.3. The van der Waals surface area contributed by atoms with Gasteiger partial charge in [-0.25, -0.2) is 19.0 Å². The van der Waals surface area contributed by atoms with Gasteiger partial charge in [0.2, 0.25) is 5.82 Å². The lowest BCUT2D eigenvalue weighted by Gasteiger charge is -2.33. The molecular formula is C29H27F2N7O3. The van der Waals surface area contributed by atoms with Crippen LogP contribution in [0.25, 0.3) is 22.3 Å². The predicted octanol–water partition coefficient (Wildman–Crippen LogP) is 4.13. The smallest absolute Gasteiger partial charge is 0.259 e. The van der Waals surface area contributed by atoms with E-state index in [1.165, 1.54) is 18.5 Å². The van der Waals surface area contributed by atoms with E-state index in [4.69, 9.17) is 21.3 Å². The maximum atomic E-state index is 14.1. The SMILES string of the molecule is NC(=O)C(=CC1CC1)C(=O)N1CCC[C@H](n2nc(-c3ccc(Oc4cccc(F)c4F)cc3)c3c(N)ncnc32)C1. The molecule has 6 rings (SSSR count). The summed E-state index contributed by atoms with van der Waals surface area (Å²) in [5, 5.41) is 5.40. The van der Waals surface area contributed by atoms with Crippen LogP contribution in [-0.4, -0.2) is 49.6 Å². The molecule has 210 valence electrons. The Kier molecular flexibility index (Phi) is 6.82. The highest BCUT2D eigenvalue weighted by Gasteiger charge is 2.32. The summed E-state index contributed by atoms with van der Waals surface area (Å²) in [7, 11) is 0. The number of nitrogen functional groups attached to an aromatic ring is 1. The molecule has 3 heterocycles. The van der Waals surface area contributed by atoms with E-state index in [0.717, 1.165) is 25.3 Å². The molecule has 0 spiro atoms. The quantitative estimate of drug-likeness (QED) is 0.197. The molecule has 2 amide bonds. The molecule has 2 aromatic carbocycles. The van der Waals surface area contributed by atoms with Crippen molar-refractivity contribution in [3.8, 4) is 22.8 Å². The molecule has 0 radical (unpaired) electrons. The van der Waals surface area contributed by atoms with E-state index >= 15 is 0 Å². The Morgan fingerprint density at radius 3 is 2.56 bits per heavy atom. The monoisotopic (exact) mass is 559 g/mol. The van der Waals surface area contributed by atoms with Crippen LogP contribution in [0.5, 0.6) is 11.5 Å². The van der Waals surface area contributed by atoms with Crippen LogP contribution in [0.4, 0.5) is 14.6 Å². The van der Waals surface area contributed by atoms with Gasteiger partial charge in [-0.05, 0) is 68.0 Å². The number of hydrogen-bond donors (Lipinski definition) is 2. The summed E-state index contributed by atoms with van der Waals surface area (Å²) in [6.45, 7) is 0.821. The van der Waals surface area contributed by atoms with E-state index in [9.17, 15) is 18.4 Å². The van der Waals surface area contributed by atoms with Crippen LogP contribution in [0.2, 0.25) is 0 Å². The van der Waals surface area contributed by atoms with Crippen LogP contribution in [-0.2, 0) is 9.59 Å². The fraction of sp³-hybridized carbons (Fsp3) is 0.276. The minimum absolute atomic E-state index is 0.0335. The van der Waals surface area contributed by atoms with Crippen LogP contribution < -0.4 is 16.2 Å². The molecule has 4 aromatic rings. The third-order valence-corrected chi connectivity index (χ3v) is 7.34. The van der Waals surface area contributed by atoms with Crippen molar-refractivity contribution in [2.45, 2.75) is 31.7 Å². The zero-order valence-corrected chi connectivity index (χ0v) is 22.0. The summed E-state index contributed by atoms with van der Waals surface area (Å²) in [4.78, 5) is 35.5. The number of halogens is 2. The van der Waals surface area contributed by atoms with Crippen molar-refractivity contribution >= 4 is 28.7 Å². The van der Waals surface area contributed by atoms with E-state index in [1.807, 2.05) is 0 Å². The molecule has 41 heavy (non-hydrogen) atoms. The average molecular weight is 560 g/mol. The Morgan fingerprint density at radius 1 is 1.05 bits per heavy atom. The lowest BCUT2D eigenvalue weighted by atomic mass is 10.0. The van der Waals surface area contributed by atoms with Crippen LogP contribution in [0.15, 0.2) is 60.4 Å². The lowest BCUT2D eigenvalue weighted by Crippen LogP contribution is -2.43. The van der Waals surface area contributed by atoms with E-state index in [1.54, 1.807) is 39.9 Å². The van der Waals surface area contributed by atoms with Crippen molar-refractivity contribution in [1.82, 2.24) is 24.6 Å². The highest BCUT2D eigenvalue weighted by atomic mass is 19.2. The first-order valence-electron chi connectivity index (χ1n) is 13.3. The molecular weight excluding hydrogens is 532 g/mol. The van der Waals surface area contributed by atoms with Crippen molar-refractivity contribution in [3.05, 3.63) is 72.1 Å². The van der Waals surface area contributed by atoms with Gasteiger partial charge in [0.25, 0.3) is 11.8 Å². The number of aromatic nitrogens is 4. The Morgan fingerprint density at radius 2 is 1.83 bits per heavy atom. The number of fused-ring (bicyclic) bond motifs is 1.